The maximum atomic E-state index is 12.8. The van der Waals surface area contributed by atoms with Gasteiger partial charge in [0, 0.05) is 49.2 Å². The van der Waals surface area contributed by atoms with Crippen molar-refractivity contribution in [3.05, 3.63) is 47.6 Å². The van der Waals surface area contributed by atoms with E-state index in [1.165, 1.54) is 12.7 Å². The van der Waals surface area contributed by atoms with Crippen molar-refractivity contribution in [3.8, 4) is 0 Å². The van der Waals surface area contributed by atoms with E-state index in [4.69, 9.17) is 16.6 Å². The van der Waals surface area contributed by atoms with Gasteiger partial charge in [-0.25, -0.2) is 15.0 Å². The van der Waals surface area contributed by atoms with Crippen LogP contribution in [0.3, 0.4) is 0 Å². The van der Waals surface area contributed by atoms with Gasteiger partial charge >= 0.3 is 0 Å². The lowest BCUT2D eigenvalue weighted by Gasteiger charge is -2.40. The molecule has 0 radical (unpaired) electrons. The molecular weight excluding hydrogens is 464 g/mol. The molecule has 6 rings (SSSR count). The molecule has 1 aliphatic heterocycles. The molecule has 1 amide bonds. The standard InChI is InChI=1S/C25H27ClN8O/c1-15(32-24-21-23(29-13-28-21)30-14-31-24)18-12-19(26)17-6-3-7-27-20(17)22(18)33-8-10-34(11-9-33)25(35)16-4-2-5-16/h3,6-7,12-16H,2,4-5,8-11H2,1H3,(H2,28,29,30,31,32). The zero-order valence-corrected chi connectivity index (χ0v) is 20.3. The zero-order chi connectivity index (χ0) is 23.9. The maximum absolute atomic E-state index is 12.8. The fourth-order valence-electron chi connectivity index (χ4n) is 5.09. The van der Waals surface area contributed by atoms with Gasteiger partial charge in [-0.1, -0.05) is 18.0 Å². The summed E-state index contributed by atoms with van der Waals surface area (Å²) in [7, 11) is 0. The third-order valence-electron chi connectivity index (χ3n) is 7.24. The number of H-pyrrole nitrogens is 1. The minimum atomic E-state index is -0.127. The zero-order valence-electron chi connectivity index (χ0n) is 19.5. The fraction of sp³-hybridized carbons (Fsp3) is 0.400. The number of benzene rings is 1. The Bertz CT molecular complexity index is 1390. The first-order valence-electron chi connectivity index (χ1n) is 12.1. The van der Waals surface area contributed by atoms with Crippen molar-refractivity contribution in [2.24, 2.45) is 5.92 Å². The van der Waals surface area contributed by atoms with Crippen LogP contribution in [-0.2, 0) is 4.79 Å². The molecule has 1 saturated carbocycles. The van der Waals surface area contributed by atoms with E-state index < -0.39 is 0 Å². The average Bonchev–Trinajstić information content (AvgIpc) is 3.33. The van der Waals surface area contributed by atoms with E-state index in [-0.39, 0.29) is 12.0 Å². The van der Waals surface area contributed by atoms with E-state index in [1.54, 1.807) is 12.5 Å². The molecule has 2 fully saturated rings. The summed E-state index contributed by atoms with van der Waals surface area (Å²) in [5.41, 5.74) is 4.32. The predicted octanol–water partition coefficient (Wildman–Crippen LogP) is 4.18. The SMILES string of the molecule is CC(Nc1ncnc2[nH]cnc12)c1cc(Cl)c2cccnc2c1N1CCN(C(=O)C2CCC2)CC1. The molecular formula is C25H27ClN8O. The summed E-state index contributed by atoms with van der Waals surface area (Å²) in [4.78, 5) is 37.9. The first-order chi connectivity index (χ1) is 17.1. The summed E-state index contributed by atoms with van der Waals surface area (Å²) in [6, 6.07) is 5.81. The van der Waals surface area contributed by atoms with Crippen molar-refractivity contribution in [1.29, 1.82) is 0 Å². The Kier molecular flexibility index (Phi) is 5.64. The largest absolute Gasteiger partial charge is 0.366 e. The van der Waals surface area contributed by atoms with E-state index in [1.807, 2.05) is 23.1 Å². The lowest BCUT2D eigenvalue weighted by molar-refractivity contribution is -0.138. The molecule has 3 aromatic heterocycles. The monoisotopic (exact) mass is 490 g/mol. The maximum Gasteiger partial charge on any atom is 0.225 e. The molecule has 2 N–H and O–H groups in total. The van der Waals surface area contributed by atoms with Crippen LogP contribution < -0.4 is 10.2 Å². The summed E-state index contributed by atoms with van der Waals surface area (Å²) in [6.45, 7) is 5.02. The van der Waals surface area contributed by atoms with E-state index >= 15 is 0 Å². The van der Waals surface area contributed by atoms with Crippen molar-refractivity contribution in [1.82, 2.24) is 29.8 Å². The van der Waals surface area contributed by atoms with E-state index in [9.17, 15) is 4.79 Å². The van der Waals surface area contributed by atoms with Crippen molar-refractivity contribution in [2.75, 3.05) is 36.4 Å². The Morgan fingerprint density at radius 2 is 1.97 bits per heavy atom. The quantitative estimate of drug-likeness (QED) is 0.432. The molecule has 4 heterocycles. The lowest BCUT2D eigenvalue weighted by atomic mass is 9.84. The number of nitrogens with zero attached hydrogens (tertiary/aromatic N) is 6. The number of amides is 1. The fourth-order valence-corrected chi connectivity index (χ4v) is 5.36. The Balaban J connectivity index is 1.34. The molecule has 1 aromatic carbocycles. The molecule has 1 aliphatic carbocycles. The van der Waals surface area contributed by atoms with Crippen molar-refractivity contribution < 1.29 is 4.79 Å². The molecule has 0 bridgehead atoms. The molecule has 2 aliphatic rings. The number of pyridine rings is 1. The molecule has 1 unspecified atom stereocenters. The van der Waals surface area contributed by atoms with Crippen LogP contribution in [0, 0.1) is 5.92 Å². The summed E-state index contributed by atoms with van der Waals surface area (Å²) in [5.74, 6) is 1.20. The number of anilines is 2. The highest BCUT2D eigenvalue weighted by atomic mass is 35.5. The molecule has 9 nitrogen and oxygen atoms in total. The number of rotatable bonds is 5. The van der Waals surface area contributed by atoms with Gasteiger partial charge < -0.3 is 20.1 Å². The van der Waals surface area contributed by atoms with Gasteiger partial charge in [0.05, 0.1) is 28.6 Å². The number of aromatic nitrogens is 5. The van der Waals surface area contributed by atoms with E-state index in [2.05, 4.69) is 37.1 Å². The van der Waals surface area contributed by atoms with Crippen LogP contribution in [0.4, 0.5) is 11.5 Å². The lowest BCUT2D eigenvalue weighted by Crippen LogP contribution is -2.51. The second kappa shape index (κ2) is 8.96. The van der Waals surface area contributed by atoms with Crippen LogP contribution in [-0.4, -0.2) is 61.9 Å². The Morgan fingerprint density at radius 3 is 2.74 bits per heavy atom. The molecule has 1 atom stereocenters. The summed E-state index contributed by atoms with van der Waals surface area (Å²) in [6.07, 6.45) is 8.17. The second-order valence-corrected chi connectivity index (χ2v) is 9.73. The number of halogens is 1. The second-order valence-electron chi connectivity index (χ2n) is 9.32. The predicted molar refractivity (Wildman–Crippen MR) is 137 cm³/mol. The van der Waals surface area contributed by atoms with Crippen LogP contribution in [0.2, 0.25) is 5.02 Å². The third kappa shape index (κ3) is 3.93. The number of aromatic amines is 1. The van der Waals surface area contributed by atoms with Gasteiger partial charge in [-0.15, -0.1) is 0 Å². The molecule has 10 heteroatoms. The number of nitrogens with one attached hydrogen (secondary N) is 2. The van der Waals surface area contributed by atoms with E-state index in [0.717, 1.165) is 48.1 Å². The number of carbonyl (C=O) groups excluding carboxylic acids is 1. The molecule has 4 aromatic rings. The third-order valence-corrected chi connectivity index (χ3v) is 7.56. The van der Waals surface area contributed by atoms with Crippen LogP contribution in [0.5, 0.6) is 0 Å². The first kappa shape index (κ1) is 22.0. The Morgan fingerprint density at radius 1 is 1.14 bits per heavy atom. The van der Waals surface area contributed by atoms with Crippen LogP contribution in [0.1, 0.15) is 37.8 Å². The van der Waals surface area contributed by atoms with Crippen LogP contribution in [0.15, 0.2) is 37.1 Å². The summed E-state index contributed by atoms with van der Waals surface area (Å²) < 4.78 is 0. The number of fused-ring (bicyclic) bond motifs is 2. The molecule has 0 spiro atoms. The van der Waals surface area contributed by atoms with Gasteiger partial charge in [-0.2, -0.15) is 0 Å². The van der Waals surface area contributed by atoms with Crippen molar-refractivity contribution in [3.63, 3.8) is 0 Å². The number of hydrogen-bond acceptors (Lipinski definition) is 7. The molecule has 180 valence electrons. The minimum absolute atomic E-state index is 0.127. The van der Waals surface area contributed by atoms with Gasteiger partial charge in [0.1, 0.15) is 11.8 Å². The topological polar surface area (TPSA) is 103 Å². The highest BCUT2D eigenvalue weighted by Gasteiger charge is 2.32. The van der Waals surface area contributed by atoms with Gasteiger partial charge in [0.25, 0.3) is 0 Å². The van der Waals surface area contributed by atoms with Gasteiger partial charge in [0.2, 0.25) is 5.91 Å². The number of imidazole rings is 1. The van der Waals surface area contributed by atoms with Crippen LogP contribution >= 0.6 is 11.6 Å². The van der Waals surface area contributed by atoms with Crippen molar-refractivity contribution >= 4 is 51.1 Å². The number of hydrogen-bond donors (Lipinski definition) is 2. The first-order valence-corrected chi connectivity index (χ1v) is 12.5. The minimum Gasteiger partial charge on any atom is -0.366 e. The summed E-state index contributed by atoms with van der Waals surface area (Å²) >= 11 is 6.74. The van der Waals surface area contributed by atoms with Crippen LogP contribution in [0.25, 0.3) is 22.1 Å². The van der Waals surface area contributed by atoms with Crippen molar-refractivity contribution in [2.45, 2.75) is 32.2 Å². The molecule has 1 saturated heterocycles. The smallest absolute Gasteiger partial charge is 0.225 e. The van der Waals surface area contributed by atoms with Gasteiger partial charge in [0.15, 0.2) is 11.5 Å². The Hall–Kier alpha value is -3.46. The summed E-state index contributed by atoms with van der Waals surface area (Å²) in [5, 5.41) is 5.08. The number of carbonyl (C=O) groups is 1. The van der Waals surface area contributed by atoms with Gasteiger partial charge in [-0.3, -0.25) is 9.78 Å². The normalized spacial score (nSPS) is 17.5. The molecule has 35 heavy (non-hydrogen) atoms. The van der Waals surface area contributed by atoms with E-state index in [0.29, 0.717) is 41.0 Å². The van der Waals surface area contributed by atoms with Gasteiger partial charge in [-0.05, 0) is 38.0 Å². The highest BCUT2D eigenvalue weighted by Crippen LogP contribution is 2.39. The number of piperazine rings is 1. The Labute approximate surface area is 207 Å². The average molecular weight is 491 g/mol. The highest BCUT2D eigenvalue weighted by molar-refractivity contribution is 6.36.